The smallest absolute Gasteiger partial charge is 0.0574 e. The SMILES string of the molecule is CNC(c1ccc(Br)cc1)c1cccc(Br)c1. The second-order valence-electron chi connectivity index (χ2n) is 3.83. The molecule has 0 aliphatic rings. The summed E-state index contributed by atoms with van der Waals surface area (Å²) in [7, 11) is 1.98. The van der Waals surface area contributed by atoms with Crippen molar-refractivity contribution in [2.75, 3.05) is 7.05 Å². The van der Waals surface area contributed by atoms with Crippen molar-refractivity contribution >= 4 is 31.9 Å². The van der Waals surface area contributed by atoms with E-state index in [0.717, 1.165) is 8.95 Å². The lowest BCUT2D eigenvalue weighted by atomic mass is 9.99. The highest BCUT2D eigenvalue weighted by Gasteiger charge is 2.11. The van der Waals surface area contributed by atoms with Gasteiger partial charge in [-0.2, -0.15) is 0 Å². The summed E-state index contributed by atoms with van der Waals surface area (Å²) in [5.74, 6) is 0. The van der Waals surface area contributed by atoms with E-state index in [9.17, 15) is 0 Å². The van der Waals surface area contributed by atoms with Crippen molar-refractivity contribution in [2.45, 2.75) is 6.04 Å². The van der Waals surface area contributed by atoms with Crippen LogP contribution < -0.4 is 5.32 Å². The van der Waals surface area contributed by atoms with Crippen molar-refractivity contribution in [1.29, 1.82) is 0 Å². The molecule has 1 atom stereocenters. The summed E-state index contributed by atoms with van der Waals surface area (Å²) in [6.07, 6.45) is 0. The van der Waals surface area contributed by atoms with Gasteiger partial charge in [0.15, 0.2) is 0 Å². The van der Waals surface area contributed by atoms with Crippen molar-refractivity contribution in [3.8, 4) is 0 Å². The Bertz CT molecular complexity index is 494. The molecular weight excluding hydrogens is 342 g/mol. The highest BCUT2D eigenvalue weighted by molar-refractivity contribution is 9.10. The van der Waals surface area contributed by atoms with Gasteiger partial charge in [0.2, 0.25) is 0 Å². The maximum absolute atomic E-state index is 3.51. The van der Waals surface area contributed by atoms with Crippen LogP contribution in [0.2, 0.25) is 0 Å². The second kappa shape index (κ2) is 5.80. The molecule has 0 bridgehead atoms. The first-order valence-electron chi connectivity index (χ1n) is 5.39. The number of hydrogen-bond acceptors (Lipinski definition) is 1. The third-order valence-corrected chi connectivity index (χ3v) is 3.70. The van der Waals surface area contributed by atoms with Crippen LogP contribution in [0.4, 0.5) is 0 Å². The molecule has 1 nitrogen and oxygen atoms in total. The predicted molar refractivity (Wildman–Crippen MR) is 79.2 cm³/mol. The first-order chi connectivity index (χ1) is 8.20. The minimum absolute atomic E-state index is 0.223. The molecule has 0 heterocycles. The summed E-state index contributed by atoms with van der Waals surface area (Å²) in [4.78, 5) is 0. The molecule has 0 radical (unpaired) electrons. The van der Waals surface area contributed by atoms with Gasteiger partial charge in [-0.1, -0.05) is 56.1 Å². The first-order valence-corrected chi connectivity index (χ1v) is 6.97. The topological polar surface area (TPSA) is 12.0 Å². The maximum atomic E-state index is 3.51. The van der Waals surface area contributed by atoms with Crippen LogP contribution in [0, 0.1) is 0 Å². The van der Waals surface area contributed by atoms with Gasteiger partial charge >= 0.3 is 0 Å². The van der Waals surface area contributed by atoms with E-state index >= 15 is 0 Å². The summed E-state index contributed by atoms with van der Waals surface area (Å²) in [6.45, 7) is 0. The molecule has 0 amide bonds. The molecule has 0 aliphatic carbocycles. The lowest BCUT2D eigenvalue weighted by Gasteiger charge is -2.17. The van der Waals surface area contributed by atoms with Gasteiger partial charge in [0.05, 0.1) is 6.04 Å². The molecule has 1 N–H and O–H groups in total. The standard InChI is InChI=1S/C14H13Br2N/c1-17-14(10-5-7-12(15)8-6-10)11-3-2-4-13(16)9-11/h2-9,14,17H,1H3. The summed E-state index contributed by atoms with van der Waals surface area (Å²) in [5.41, 5.74) is 2.51. The van der Waals surface area contributed by atoms with Crippen molar-refractivity contribution < 1.29 is 0 Å². The van der Waals surface area contributed by atoms with Gasteiger partial charge in [0.25, 0.3) is 0 Å². The largest absolute Gasteiger partial charge is 0.309 e. The molecule has 1 unspecified atom stereocenters. The average molecular weight is 355 g/mol. The van der Waals surface area contributed by atoms with E-state index in [2.05, 4.69) is 79.6 Å². The van der Waals surface area contributed by atoms with E-state index in [0.29, 0.717) is 0 Å². The van der Waals surface area contributed by atoms with Crippen molar-refractivity contribution in [2.24, 2.45) is 0 Å². The Kier molecular flexibility index (Phi) is 4.37. The summed E-state index contributed by atoms with van der Waals surface area (Å²) < 4.78 is 2.21. The minimum atomic E-state index is 0.223. The van der Waals surface area contributed by atoms with Crippen LogP contribution in [0.25, 0.3) is 0 Å². The molecule has 2 aromatic carbocycles. The molecule has 0 saturated heterocycles. The molecular formula is C14H13Br2N. The molecule has 0 spiro atoms. The molecule has 2 aromatic rings. The van der Waals surface area contributed by atoms with Crippen LogP contribution in [0.1, 0.15) is 17.2 Å². The molecule has 2 rings (SSSR count). The lowest BCUT2D eigenvalue weighted by Crippen LogP contribution is -2.17. The highest BCUT2D eigenvalue weighted by Crippen LogP contribution is 2.25. The van der Waals surface area contributed by atoms with E-state index in [1.165, 1.54) is 11.1 Å². The minimum Gasteiger partial charge on any atom is -0.309 e. The number of benzene rings is 2. The van der Waals surface area contributed by atoms with Gasteiger partial charge in [0, 0.05) is 8.95 Å². The van der Waals surface area contributed by atoms with Crippen LogP contribution in [-0.2, 0) is 0 Å². The van der Waals surface area contributed by atoms with E-state index in [1.807, 2.05) is 13.1 Å². The zero-order valence-corrected chi connectivity index (χ0v) is 12.6. The Morgan fingerprint density at radius 1 is 0.882 bits per heavy atom. The van der Waals surface area contributed by atoms with E-state index in [-0.39, 0.29) is 6.04 Å². The number of rotatable bonds is 3. The highest BCUT2D eigenvalue weighted by atomic mass is 79.9. The maximum Gasteiger partial charge on any atom is 0.0574 e. The van der Waals surface area contributed by atoms with E-state index in [1.54, 1.807) is 0 Å². The van der Waals surface area contributed by atoms with Crippen LogP contribution in [0.5, 0.6) is 0 Å². The Hall–Kier alpha value is -0.640. The van der Waals surface area contributed by atoms with Crippen LogP contribution in [-0.4, -0.2) is 7.05 Å². The van der Waals surface area contributed by atoms with E-state index in [4.69, 9.17) is 0 Å². The van der Waals surface area contributed by atoms with Crippen molar-refractivity contribution in [3.05, 3.63) is 68.6 Å². The second-order valence-corrected chi connectivity index (χ2v) is 5.66. The zero-order valence-electron chi connectivity index (χ0n) is 9.45. The molecule has 0 saturated carbocycles. The van der Waals surface area contributed by atoms with Crippen LogP contribution >= 0.6 is 31.9 Å². The fourth-order valence-electron chi connectivity index (χ4n) is 1.87. The molecule has 0 fully saturated rings. The average Bonchev–Trinajstić information content (AvgIpc) is 2.33. The molecule has 0 aromatic heterocycles. The van der Waals surface area contributed by atoms with Gasteiger partial charge in [-0.05, 0) is 42.4 Å². The van der Waals surface area contributed by atoms with Gasteiger partial charge < -0.3 is 5.32 Å². The fourth-order valence-corrected chi connectivity index (χ4v) is 2.55. The molecule has 17 heavy (non-hydrogen) atoms. The van der Waals surface area contributed by atoms with Crippen LogP contribution in [0.15, 0.2) is 57.5 Å². The number of nitrogens with one attached hydrogen (secondary N) is 1. The fraction of sp³-hybridized carbons (Fsp3) is 0.143. The Labute approximate surface area is 119 Å². The number of halogens is 2. The Morgan fingerprint density at radius 2 is 1.59 bits per heavy atom. The van der Waals surface area contributed by atoms with Crippen molar-refractivity contribution in [1.82, 2.24) is 5.32 Å². The lowest BCUT2D eigenvalue weighted by molar-refractivity contribution is 0.691. The summed E-state index contributed by atoms with van der Waals surface area (Å²) in [6, 6.07) is 17.0. The monoisotopic (exact) mass is 353 g/mol. The van der Waals surface area contributed by atoms with Gasteiger partial charge in [-0.25, -0.2) is 0 Å². The summed E-state index contributed by atoms with van der Waals surface area (Å²) >= 11 is 6.96. The normalized spacial score (nSPS) is 12.4. The summed E-state index contributed by atoms with van der Waals surface area (Å²) in [5, 5.41) is 3.35. The van der Waals surface area contributed by atoms with Crippen molar-refractivity contribution in [3.63, 3.8) is 0 Å². The molecule has 0 aliphatic heterocycles. The molecule has 88 valence electrons. The third kappa shape index (κ3) is 3.18. The van der Waals surface area contributed by atoms with Gasteiger partial charge in [-0.15, -0.1) is 0 Å². The molecule has 3 heteroatoms. The Balaban J connectivity index is 2.36. The third-order valence-electron chi connectivity index (χ3n) is 2.67. The van der Waals surface area contributed by atoms with Crippen LogP contribution in [0.3, 0.4) is 0 Å². The van der Waals surface area contributed by atoms with E-state index < -0.39 is 0 Å². The zero-order chi connectivity index (χ0) is 12.3. The first kappa shape index (κ1) is 12.8. The van der Waals surface area contributed by atoms with Gasteiger partial charge in [-0.3, -0.25) is 0 Å². The Morgan fingerprint density at radius 3 is 2.18 bits per heavy atom. The predicted octanol–water partition coefficient (Wildman–Crippen LogP) is 4.52. The van der Waals surface area contributed by atoms with Gasteiger partial charge in [0.1, 0.15) is 0 Å². The number of hydrogen-bond donors (Lipinski definition) is 1. The quantitative estimate of drug-likeness (QED) is 0.854.